The molecular formula is C15H24N2O4. The van der Waals surface area contributed by atoms with Gasteiger partial charge in [0.2, 0.25) is 0 Å². The number of carbonyl (C=O) groups excluding carboxylic acids is 1. The SMILES string of the molecule is COCCOCCOCCNC(=O)c1cc(C)cc(N)c1. The lowest BCUT2D eigenvalue weighted by atomic mass is 10.1. The van der Waals surface area contributed by atoms with Crippen LogP contribution in [0.15, 0.2) is 18.2 Å². The third kappa shape index (κ3) is 7.65. The molecule has 118 valence electrons. The Morgan fingerprint density at radius 2 is 1.76 bits per heavy atom. The van der Waals surface area contributed by atoms with Gasteiger partial charge in [0.1, 0.15) is 0 Å². The number of nitrogens with one attached hydrogen (secondary N) is 1. The number of hydrogen-bond acceptors (Lipinski definition) is 5. The van der Waals surface area contributed by atoms with Crippen molar-refractivity contribution in [2.24, 2.45) is 0 Å². The van der Waals surface area contributed by atoms with Crippen molar-refractivity contribution in [2.45, 2.75) is 6.92 Å². The summed E-state index contributed by atoms with van der Waals surface area (Å²) in [5.41, 5.74) is 7.83. The molecule has 0 unspecified atom stereocenters. The largest absolute Gasteiger partial charge is 0.399 e. The lowest BCUT2D eigenvalue weighted by Gasteiger charge is -2.08. The second kappa shape index (κ2) is 10.1. The molecule has 1 rings (SSSR count). The molecule has 0 bridgehead atoms. The van der Waals surface area contributed by atoms with Crippen molar-refractivity contribution in [3.8, 4) is 0 Å². The van der Waals surface area contributed by atoms with E-state index in [1.807, 2.05) is 13.0 Å². The molecule has 0 fully saturated rings. The molecule has 0 atom stereocenters. The Balaban J connectivity index is 2.11. The minimum absolute atomic E-state index is 0.148. The van der Waals surface area contributed by atoms with Crippen LogP contribution in [0.2, 0.25) is 0 Å². The van der Waals surface area contributed by atoms with Crippen LogP contribution in [0, 0.1) is 6.92 Å². The van der Waals surface area contributed by atoms with Gasteiger partial charge in [-0.25, -0.2) is 0 Å². The first-order valence-electron chi connectivity index (χ1n) is 6.93. The fraction of sp³-hybridized carbons (Fsp3) is 0.533. The number of amides is 1. The molecule has 6 nitrogen and oxygen atoms in total. The van der Waals surface area contributed by atoms with E-state index in [-0.39, 0.29) is 5.91 Å². The number of nitrogens with two attached hydrogens (primary N) is 1. The maximum absolute atomic E-state index is 11.9. The highest BCUT2D eigenvalue weighted by atomic mass is 16.5. The van der Waals surface area contributed by atoms with Crippen LogP contribution in [0.25, 0.3) is 0 Å². The quantitative estimate of drug-likeness (QED) is 0.497. The standard InChI is InChI=1S/C15H24N2O4/c1-12-9-13(11-14(16)10-12)15(18)17-3-4-20-7-8-21-6-5-19-2/h9-11H,3-8,16H2,1-2H3,(H,17,18). The van der Waals surface area contributed by atoms with Gasteiger partial charge in [-0.1, -0.05) is 0 Å². The summed E-state index contributed by atoms with van der Waals surface area (Å²) >= 11 is 0. The molecule has 1 aromatic carbocycles. The Labute approximate surface area is 125 Å². The lowest BCUT2D eigenvalue weighted by Crippen LogP contribution is -2.27. The number of benzene rings is 1. The maximum Gasteiger partial charge on any atom is 0.251 e. The number of rotatable bonds is 10. The third-order valence-electron chi connectivity index (χ3n) is 2.70. The monoisotopic (exact) mass is 296 g/mol. The van der Waals surface area contributed by atoms with E-state index in [9.17, 15) is 4.79 Å². The van der Waals surface area contributed by atoms with E-state index in [1.54, 1.807) is 19.2 Å². The Bertz CT molecular complexity index is 417. The van der Waals surface area contributed by atoms with Crippen LogP contribution in [0.5, 0.6) is 0 Å². The zero-order valence-electron chi connectivity index (χ0n) is 12.7. The average Bonchev–Trinajstić information content (AvgIpc) is 2.44. The first kappa shape index (κ1) is 17.4. The van der Waals surface area contributed by atoms with E-state index < -0.39 is 0 Å². The lowest BCUT2D eigenvalue weighted by molar-refractivity contribution is 0.0255. The number of carbonyl (C=O) groups is 1. The smallest absolute Gasteiger partial charge is 0.251 e. The van der Waals surface area contributed by atoms with Crippen molar-refractivity contribution >= 4 is 11.6 Å². The van der Waals surface area contributed by atoms with Crippen LogP contribution in [0.3, 0.4) is 0 Å². The molecule has 0 aliphatic heterocycles. The molecule has 6 heteroatoms. The van der Waals surface area contributed by atoms with E-state index in [2.05, 4.69) is 5.32 Å². The first-order chi connectivity index (χ1) is 10.1. The summed E-state index contributed by atoms with van der Waals surface area (Å²) in [5.74, 6) is -0.148. The molecule has 3 N–H and O–H groups in total. The van der Waals surface area contributed by atoms with Crippen LogP contribution in [-0.2, 0) is 14.2 Å². The molecule has 1 aromatic rings. The molecule has 0 aromatic heterocycles. The van der Waals surface area contributed by atoms with Gasteiger partial charge in [-0.3, -0.25) is 4.79 Å². The highest BCUT2D eigenvalue weighted by Gasteiger charge is 2.06. The summed E-state index contributed by atoms with van der Waals surface area (Å²) in [4.78, 5) is 11.9. The Hall–Kier alpha value is -1.63. The van der Waals surface area contributed by atoms with Crippen molar-refractivity contribution in [1.82, 2.24) is 5.32 Å². The molecule has 0 saturated heterocycles. The molecule has 21 heavy (non-hydrogen) atoms. The minimum Gasteiger partial charge on any atom is -0.399 e. The van der Waals surface area contributed by atoms with E-state index in [4.69, 9.17) is 19.9 Å². The van der Waals surface area contributed by atoms with E-state index in [0.29, 0.717) is 50.8 Å². The van der Waals surface area contributed by atoms with E-state index in [1.165, 1.54) is 0 Å². The predicted molar refractivity (Wildman–Crippen MR) is 81.4 cm³/mol. The van der Waals surface area contributed by atoms with Crippen molar-refractivity contribution in [2.75, 3.05) is 52.4 Å². The molecular weight excluding hydrogens is 272 g/mol. The van der Waals surface area contributed by atoms with E-state index >= 15 is 0 Å². The van der Waals surface area contributed by atoms with Gasteiger partial charge in [0.15, 0.2) is 0 Å². The van der Waals surface area contributed by atoms with Crippen molar-refractivity contribution in [1.29, 1.82) is 0 Å². The Morgan fingerprint density at radius 1 is 1.10 bits per heavy atom. The van der Waals surface area contributed by atoms with Gasteiger partial charge in [-0.2, -0.15) is 0 Å². The van der Waals surface area contributed by atoms with Gasteiger partial charge in [-0.15, -0.1) is 0 Å². The van der Waals surface area contributed by atoms with Crippen LogP contribution >= 0.6 is 0 Å². The van der Waals surface area contributed by atoms with Gasteiger partial charge in [0.25, 0.3) is 5.91 Å². The van der Waals surface area contributed by atoms with Crippen LogP contribution < -0.4 is 11.1 Å². The number of ether oxygens (including phenoxy) is 3. The van der Waals surface area contributed by atoms with Crippen molar-refractivity contribution in [3.63, 3.8) is 0 Å². The van der Waals surface area contributed by atoms with Gasteiger partial charge in [0, 0.05) is 24.9 Å². The van der Waals surface area contributed by atoms with Gasteiger partial charge >= 0.3 is 0 Å². The Kier molecular flexibility index (Phi) is 8.42. The summed E-state index contributed by atoms with van der Waals surface area (Å²) in [6.07, 6.45) is 0. The summed E-state index contributed by atoms with van der Waals surface area (Å²) in [6.45, 7) is 4.95. The average molecular weight is 296 g/mol. The normalized spacial score (nSPS) is 10.6. The van der Waals surface area contributed by atoms with Crippen LogP contribution in [0.1, 0.15) is 15.9 Å². The van der Waals surface area contributed by atoms with Crippen LogP contribution in [-0.4, -0.2) is 52.6 Å². The van der Waals surface area contributed by atoms with Crippen molar-refractivity contribution in [3.05, 3.63) is 29.3 Å². The first-order valence-corrected chi connectivity index (χ1v) is 6.93. The number of aryl methyl sites for hydroxylation is 1. The fourth-order valence-electron chi connectivity index (χ4n) is 1.75. The van der Waals surface area contributed by atoms with Crippen molar-refractivity contribution < 1.29 is 19.0 Å². The molecule has 0 saturated carbocycles. The van der Waals surface area contributed by atoms with Gasteiger partial charge in [-0.05, 0) is 30.7 Å². The maximum atomic E-state index is 11.9. The molecule has 0 spiro atoms. The Morgan fingerprint density at radius 3 is 2.43 bits per heavy atom. The molecule has 1 amide bonds. The van der Waals surface area contributed by atoms with Gasteiger partial charge in [0.05, 0.1) is 33.0 Å². The second-order valence-electron chi connectivity index (χ2n) is 4.61. The zero-order valence-corrected chi connectivity index (χ0v) is 12.7. The van der Waals surface area contributed by atoms with Crippen LogP contribution in [0.4, 0.5) is 5.69 Å². The summed E-state index contributed by atoms with van der Waals surface area (Å²) < 4.78 is 15.4. The highest BCUT2D eigenvalue weighted by Crippen LogP contribution is 2.10. The number of nitrogen functional groups attached to an aromatic ring is 1. The molecule has 0 aliphatic rings. The number of anilines is 1. The molecule has 0 radical (unpaired) electrons. The zero-order chi connectivity index (χ0) is 15.5. The second-order valence-corrected chi connectivity index (χ2v) is 4.61. The number of hydrogen-bond donors (Lipinski definition) is 2. The fourth-order valence-corrected chi connectivity index (χ4v) is 1.75. The summed E-state index contributed by atoms with van der Waals surface area (Å²) in [7, 11) is 1.63. The highest BCUT2D eigenvalue weighted by molar-refractivity contribution is 5.95. The number of methoxy groups -OCH3 is 1. The van der Waals surface area contributed by atoms with E-state index in [0.717, 1.165) is 5.56 Å². The minimum atomic E-state index is -0.148. The summed E-state index contributed by atoms with van der Waals surface area (Å²) in [5, 5.41) is 2.78. The summed E-state index contributed by atoms with van der Waals surface area (Å²) in [6, 6.07) is 5.28. The molecule has 0 aliphatic carbocycles. The van der Waals surface area contributed by atoms with Gasteiger partial charge < -0.3 is 25.3 Å². The topological polar surface area (TPSA) is 82.8 Å². The predicted octanol–water partition coefficient (Wildman–Crippen LogP) is 0.987. The third-order valence-corrected chi connectivity index (χ3v) is 2.70. The molecule has 0 heterocycles.